The van der Waals surface area contributed by atoms with Crippen LogP contribution in [0.5, 0.6) is 5.75 Å². The number of benzene rings is 1. The van der Waals surface area contributed by atoms with Crippen molar-refractivity contribution < 1.29 is 4.74 Å². The molecule has 0 spiro atoms. The summed E-state index contributed by atoms with van der Waals surface area (Å²) in [7, 11) is 0. The molecule has 2 nitrogen and oxygen atoms in total. The van der Waals surface area contributed by atoms with Gasteiger partial charge in [0.1, 0.15) is 5.75 Å². The fourth-order valence-electron chi connectivity index (χ4n) is 1.44. The van der Waals surface area contributed by atoms with Gasteiger partial charge in [0.2, 0.25) is 0 Å². The van der Waals surface area contributed by atoms with Crippen LogP contribution in [0.2, 0.25) is 0 Å². The lowest BCUT2D eigenvalue weighted by Crippen LogP contribution is -2.29. The van der Waals surface area contributed by atoms with Crippen LogP contribution in [-0.4, -0.2) is 31.2 Å². The van der Waals surface area contributed by atoms with Crippen molar-refractivity contribution in [2.75, 3.05) is 25.2 Å². The normalized spacial score (nSPS) is 12.4. The van der Waals surface area contributed by atoms with Crippen LogP contribution in [0.15, 0.2) is 30.3 Å². The molecular weight excluding hydrogens is 218 g/mol. The van der Waals surface area contributed by atoms with Crippen molar-refractivity contribution in [1.82, 2.24) is 5.32 Å². The van der Waals surface area contributed by atoms with Crippen LogP contribution in [0.1, 0.15) is 13.3 Å². The zero-order valence-electron chi connectivity index (χ0n) is 10.1. The Kier molecular flexibility index (Phi) is 7.10. The van der Waals surface area contributed by atoms with Crippen LogP contribution in [0.4, 0.5) is 0 Å². The molecule has 0 fully saturated rings. The fourth-order valence-corrected chi connectivity index (χ4v) is 2.05. The SMILES string of the molecule is CSCC(C)NCCCOc1ccccc1. The van der Waals surface area contributed by atoms with Gasteiger partial charge in [-0.2, -0.15) is 11.8 Å². The van der Waals surface area contributed by atoms with E-state index in [1.807, 2.05) is 42.1 Å². The zero-order chi connectivity index (χ0) is 11.6. The van der Waals surface area contributed by atoms with E-state index in [0.29, 0.717) is 6.04 Å². The number of nitrogens with one attached hydrogen (secondary N) is 1. The molecule has 0 heterocycles. The summed E-state index contributed by atoms with van der Waals surface area (Å²) in [5.74, 6) is 2.12. The monoisotopic (exact) mass is 239 g/mol. The average Bonchev–Trinajstić information content (AvgIpc) is 2.30. The molecule has 16 heavy (non-hydrogen) atoms. The lowest BCUT2D eigenvalue weighted by atomic mass is 10.3. The Hall–Kier alpha value is -0.670. The van der Waals surface area contributed by atoms with E-state index in [9.17, 15) is 0 Å². The summed E-state index contributed by atoms with van der Waals surface area (Å²) < 4.78 is 5.60. The Bertz CT molecular complexity index is 266. The first-order chi connectivity index (χ1) is 7.83. The van der Waals surface area contributed by atoms with Gasteiger partial charge in [-0.05, 0) is 38.3 Å². The second-order valence-electron chi connectivity index (χ2n) is 3.83. The first kappa shape index (κ1) is 13.4. The van der Waals surface area contributed by atoms with E-state index >= 15 is 0 Å². The van der Waals surface area contributed by atoms with E-state index in [0.717, 1.165) is 25.3 Å². The molecule has 1 unspecified atom stereocenters. The van der Waals surface area contributed by atoms with E-state index in [2.05, 4.69) is 18.5 Å². The van der Waals surface area contributed by atoms with Crippen molar-refractivity contribution in [3.63, 3.8) is 0 Å². The van der Waals surface area contributed by atoms with Gasteiger partial charge in [0.25, 0.3) is 0 Å². The second-order valence-corrected chi connectivity index (χ2v) is 4.74. The molecule has 1 rings (SSSR count). The van der Waals surface area contributed by atoms with Crippen molar-refractivity contribution in [3.05, 3.63) is 30.3 Å². The molecule has 0 saturated heterocycles. The van der Waals surface area contributed by atoms with Crippen molar-refractivity contribution in [1.29, 1.82) is 0 Å². The topological polar surface area (TPSA) is 21.3 Å². The van der Waals surface area contributed by atoms with Gasteiger partial charge < -0.3 is 10.1 Å². The molecular formula is C13H21NOS. The van der Waals surface area contributed by atoms with Crippen LogP contribution in [0, 0.1) is 0 Å². The van der Waals surface area contributed by atoms with Crippen LogP contribution < -0.4 is 10.1 Å². The molecule has 90 valence electrons. The van der Waals surface area contributed by atoms with Gasteiger partial charge in [0.05, 0.1) is 6.61 Å². The van der Waals surface area contributed by atoms with Gasteiger partial charge in [-0.1, -0.05) is 18.2 Å². The molecule has 0 aromatic heterocycles. The average molecular weight is 239 g/mol. The molecule has 3 heteroatoms. The van der Waals surface area contributed by atoms with Gasteiger partial charge in [0.15, 0.2) is 0 Å². The maximum Gasteiger partial charge on any atom is 0.119 e. The van der Waals surface area contributed by atoms with Crippen LogP contribution in [-0.2, 0) is 0 Å². The Morgan fingerprint density at radius 1 is 1.31 bits per heavy atom. The van der Waals surface area contributed by atoms with E-state index in [4.69, 9.17) is 4.74 Å². The summed E-state index contributed by atoms with van der Waals surface area (Å²) in [4.78, 5) is 0. The largest absolute Gasteiger partial charge is 0.494 e. The quantitative estimate of drug-likeness (QED) is 0.705. The lowest BCUT2D eigenvalue weighted by molar-refractivity contribution is 0.306. The first-order valence-electron chi connectivity index (χ1n) is 5.73. The molecule has 1 atom stereocenters. The number of ether oxygens (including phenoxy) is 1. The van der Waals surface area contributed by atoms with Gasteiger partial charge >= 0.3 is 0 Å². The summed E-state index contributed by atoms with van der Waals surface area (Å²) in [5.41, 5.74) is 0. The van der Waals surface area contributed by atoms with Crippen molar-refractivity contribution in [3.8, 4) is 5.75 Å². The highest BCUT2D eigenvalue weighted by atomic mass is 32.2. The van der Waals surface area contributed by atoms with Crippen molar-refractivity contribution in [2.45, 2.75) is 19.4 Å². The predicted octanol–water partition coefficient (Wildman–Crippen LogP) is 2.80. The van der Waals surface area contributed by atoms with Gasteiger partial charge in [-0.25, -0.2) is 0 Å². The Morgan fingerprint density at radius 2 is 2.06 bits per heavy atom. The smallest absolute Gasteiger partial charge is 0.119 e. The third kappa shape index (κ3) is 6.03. The summed E-state index contributed by atoms with van der Waals surface area (Å²) in [5, 5.41) is 3.47. The minimum atomic E-state index is 0.590. The van der Waals surface area contributed by atoms with Gasteiger partial charge in [-0.15, -0.1) is 0 Å². The maximum atomic E-state index is 5.60. The van der Waals surface area contributed by atoms with E-state index in [-0.39, 0.29) is 0 Å². The first-order valence-corrected chi connectivity index (χ1v) is 7.12. The molecule has 0 bridgehead atoms. The highest BCUT2D eigenvalue weighted by molar-refractivity contribution is 7.98. The molecule has 0 aliphatic carbocycles. The summed E-state index contributed by atoms with van der Waals surface area (Å²) in [6, 6.07) is 10.6. The predicted molar refractivity (Wildman–Crippen MR) is 72.4 cm³/mol. The highest BCUT2D eigenvalue weighted by Gasteiger charge is 1.98. The van der Waals surface area contributed by atoms with E-state index in [1.165, 1.54) is 5.75 Å². The molecule has 0 aliphatic rings. The molecule has 1 aromatic carbocycles. The van der Waals surface area contributed by atoms with Gasteiger partial charge in [0, 0.05) is 11.8 Å². The second kappa shape index (κ2) is 8.48. The van der Waals surface area contributed by atoms with Gasteiger partial charge in [-0.3, -0.25) is 0 Å². The molecule has 1 aromatic rings. The third-order valence-electron chi connectivity index (χ3n) is 2.24. The third-order valence-corrected chi connectivity index (χ3v) is 3.08. The Labute approximate surface area is 103 Å². The molecule has 1 N–H and O–H groups in total. The zero-order valence-corrected chi connectivity index (χ0v) is 10.9. The molecule has 0 aliphatic heterocycles. The van der Waals surface area contributed by atoms with Crippen molar-refractivity contribution in [2.24, 2.45) is 0 Å². The fraction of sp³-hybridized carbons (Fsp3) is 0.538. The summed E-state index contributed by atoms with van der Waals surface area (Å²) in [6.07, 6.45) is 3.18. The summed E-state index contributed by atoms with van der Waals surface area (Å²) in [6.45, 7) is 4.02. The number of para-hydroxylation sites is 1. The number of rotatable bonds is 8. The Morgan fingerprint density at radius 3 is 2.75 bits per heavy atom. The number of hydrogen-bond donors (Lipinski definition) is 1. The van der Waals surface area contributed by atoms with Crippen LogP contribution >= 0.6 is 11.8 Å². The number of thioether (sulfide) groups is 1. The Balaban J connectivity index is 2.00. The van der Waals surface area contributed by atoms with Crippen LogP contribution in [0.25, 0.3) is 0 Å². The van der Waals surface area contributed by atoms with Crippen LogP contribution in [0.3, 0.4) is 0 Å². The summed E-state index contributed by atoms with van der Waals surface area (Å²) >= 11 is 1.88. The van der Waals surface area contributed by atoms with E-state index in [1.54, 1.807) is 0 Å². The van der Waals surface area contributed by atoms with E-state index < -0.39 is 0 Å². The minimum Gasteiger partial charge on any atom is -0.494 e. The standard InChI is InChI=1S/C13H21NOS/c1-12(11-16-2)14-9-6-10-15-13-7-4-3-5-8-13/h3-5,7-8,12,14H,6,9-11H2,1-2H3. The van der Waals surface area contributed by atoms with Crippen molar-refractivity contribution >= 4 is 11.8 Å². The molecule has 0 amide bonds. The number of hydrogen-bond acceptors (Lipinski definition) is 3. The molecule has 0 saturated carbocycles. The maximum absolute atomic E-state index is 5.60. The highest BCUT2D eigenvalue weighted by Crippen LogP contribution is 2.08. The minimum absolute atomic E-state index is 0.590. The lowest BCUT2D eigenvalue weighted by Gasteiger charge is -2.12. The molecule has 0 radical (unpaired) electrons.